The minimum absolute atomic E-state index is 0.714. The van der Waals surface area contributed by atoms with E-state index >= 15 is 0 Å². The molecular formula is C11H12ClN3O. The number of nitrogens with zero attached hydrogens (tertiary/aromatic N) is 3. The molecule has 0 radical (unpaired) electrons. The van der Waals surface area contributed by atoms with Gasteiger partial charge in [0.15, 0.2) is 0 Å². The van der Waals surface area contributed by atoms with Gasteiger partial charge in [-0.25, -0.2) is 4.63 Å². The fourth-order valence-corrected chi connectivity index (χ4v) is 2.45. The Hall–Kier alpha value is -1.29. The molecule has 0 unspecified atom stereocenters. The van der Waals surface area contributed by atoms with E-state index in [2.05, 4.69) is 19.8 Å². The van der Waals surface area contributed by atoms with E-state index in [9.17, 15) is 0 Å². The summed E-state index contributed by atoms with van der Waals surface area (Å²) in [6.45, 7) is 2.13. The molecule has 1 fully saturated rings. The molecule has 3 rings (SSSR count). The quantitative estimate of drug-likeness (QED) is 0.765. The summed E-state index contributed by atoms with van der Waals surface area (Å²) in [4.78, 5) is 2.31. The molecule has 0 atom stereocenters. The van der Waals surface area contributed by atoms with Crippen molar-refractivity contribution in [1.29, 1.82) is 0 Å². The lowest BCUT2D eigenvalue weighted by molar-refractivity contribution is 0.315. The number of anilines is 1. The summed E-state index contributed by atoms with van der Waals surface area (Å²) in [5, 5.41) is 8.35. The topological polar surface area (TPSA) is 42.2 Å². The van der Waals surface area contributed by atoms with Gasteiger partial charge in [-0.1, -0.05) is 11.6 Å². The highest BCUT2D eigenvalue weighted by Gasteiger charge is 2.15. The van der Waals surface area contributed by atoms with Gasteiger partial charge in [0, 0.05) is 13.1 Å². The van der Waals surface area contributed by atoms with E-state index in [0.29, 0.717) is 5.52 Å². The maximum atomic E-state index is 6.24. The molecule has 5 heteroatoms. The Morgan fingerprint density at radius 2 is 1.75 bits per heavy atom. The first-order valence-corrected chi connectivity index (χ1v) is 5.89. The summed E-state index contributed by atoms with van der Waals surface area (Å²) < 4.78 is 4.69. The molecule has 2 heterocycles. The number of hydrogen-bond acceptors (Lipinski definition) is 4. The van der Waals surface area contributed by atoms with Gasteiger partial charge in [-0.05, 0) is 41.7 Å². The summed E-state index contributed by atoms with van der Waals surface area (Å²) in [7, 11) is 0. The Morgan fingerprint density at radius 1 is 1.06 bits per heavy atom. The van der Waals surface area contributed by atoms with Crippen LogP contribution >= 0.6 is 11.6 Å². The normalized spacial score (nSPS) is 16.9. The Balaban J connectivity index is 2.03. The van der Waals surface area contributed by atoms with Crippen LogP contribution in [0.5, 0.6) is 0 Å². The van der Waals surface area contributed by atoms with Gasteiger partial charge >= 0.3 is 0 Å². The molecule has 2 aromatic rings. The van der Waals surface area contributed by atoms with Crippen molar-refractivity contribution < 1.29 is 4.63 Å². The van der Waals surface area contributed by atoms with Crippen LogP contribution in [0.1, 0.15) is 19.3 Å². The molecule has 84 valence electrons. The van der Waals surface area contributed by atoms with Crippen molar-refractivity contribution in [2.24, 2.45) is 0 Å². The van der Waals surface area contributed by atoms with Crippen LogP contribution in [0.15, 0.2) is 16.8 Å². The second kappa shape index (κ2) is 3.94. The smallest absolute Gasteiger partial charge is 0.137 e. The third-order valence-corrected chi connectivity index (χ3v) is 3.32. The monoisotopic (exact) mass is 237 g/mol. The Kier molecular flexibility index (Phi) is 2.44. The average molecular weight is 238 g/mol. The van der Waals surface area contributed by atoms with Crippen molar-refractivity contribution in [1.82, 2.24) is 10.3 Å². The average Bonchev–Trinajstić information content (AvgIpc) is 2.76. The first-order valence-electron chi connectivity index (χ1n) is 5.51. The Labute approximate surface area is 98.1 Å². The summed E-state index contributed by atoms with van der Waals surface area (Å²) in [6.07, 6.45) is 3.76. The molecule has 0 N–H and O–H groups in total. The molecule has 0 aliphatic carbocycles. The van der Waals surface area contributed by atoms with Crippen LogP contribution < -0.4 is 4.90 Å². The lowest BCUT2D eigenvalue weighted by atomic mass is 10.1. The maximum absolute atomic E-state index is 6.24. The first-order chi connectivity index (χ1) is 7.84. The highest BCUT2D eigenvalue weighted by Crippen LogP contribution is 2.31. The van der Waals surface area contributed by atoms with Gasteiger partial charge in [-0.3, -0.25) is 0 Å². The maximum Gasteiger partial charge on any atom is 0.137 e. The van der Waals surface area contributed by atoms with Crippen molar-refractivity contribution in [3.63, 3.8) is 0 Å². The van der Waals surface area contributed by atoms with Gasteiger partial charge in [0.2, 0.25) is 0 Å². The number of aromatic nitrogens is 2. The highest BCUT2D eigenvalue weighted by atomic mass is 35.5. The van der Waals surface area contributed by atoms with E-state index in [-0.39, 0.29) is 0 Å². The van der Waals surface area contributed by atoms with E-state index in [1.807, 2.05) is 12.1 Å². The zero-order valence-corrected chi connectivity index (χ0v) is 9.57. The standard InChI is InChI=1S/C11H12ClN3O/c12-8-6-9-10(14-16-13-9)7-11(8)15-4-2-1-3-5-15/h6-7H,1-5H2. The van der Waals surface area contributed by atoms with Gasteiger partial charge in [-0.15, -0.1) is 0 Å². The molecule has 1 saturated heterocycles. The fourth-order valence-electron chi connectivity index (χ4n) is 2.17. The molecule has 1 aromatic carbocycles. The van der Waals surface area contributed by atoms with Crippen molar-refractivity contribution in [2.75, 3.05) is 18.0 Å². The fraction of sp³-hybridized carbons (Fsp3) is 0.455. The highest BCUT2D eigenvalue weighted by molar-refractivity contribution is 6.34. The molecule has 0 amide bonds. The number of hydrogen-bond donors (Lipinski definition) is 0. The second-order valence-corrected chi connectivity index (χ2v) is 4.51. The minimum atomic E-state index is 0.714. The zero-order valence-electron chi connectivity index (χ0n) is 8.82. The molecule has 4 nitrogen and oxygen atoms in total. The van der Waals surface area contributed by atoms with Crippen LogP contribution in [0.3, 0.4) is 0 Å². The lowest BCUT2D eigenvalue weighted by Gasteiger charge is -2.29. The molecule has 1 aliphatic heterocycles. The third-order valence-electron chi connectivity index (χ3n) is 3.02. The van der Waals surface area contributed by atoms with E-state index in [1.54, 1.807) is 0 Å². The third kappa shape index (κ3) is 1.63. The lowest BCUT2D eigenvalue weighted by Crippen LogP contribution is -2.29. The second-order valence-electron chi connectivity index (χ2n) is 4.10. The van der Waals surface area contributed by atoms with Crippen LogP contribution in [-0.2, 0) is 0 Å². The Morgan fingerprint density at radius 3 is 2.50 bits per heavy atom. The molecular weight excluding hydrogens is 226 g/mol. The van der Waals surface area contributed by atoms with Crippen molar-refractivity contribution in [3.05, 3.63) is 17.2 Å². The van der Waals surface area contributed by atoms with E-state index in [0.717, 1.165) is 29.3 Å². The van der Waals surface area contributed by atoms with Gasteiger partial charge in [0.05, 0.1) is 10.7 Å². The van der Waals surface area contributed by atoms with Gasteiger partial charge in [0.1, 0.15) is 11.0 Å². The number of rotatable bonds is 1. The molecule has 1 aliphatic rings. The summed E-state index contributed by atoms with van der Waals surface area (Å²) in [6, 6.07) is 3.77. The van der Waals surface area contributed by atoms with Gasteiger partial charge in [0.25, 0.3) is 0 Å². The molecule has 0 spiro atoms. The number of benzene rings is 1. The summed E-state index contributed by atoms with van der Waals surface area (Å²) >= 11 is 6.24. The van der Waals surface area contributed by atoms with Crippen LogP contribution in [-0.4, -0.2) is 23.4 Å². The van der Waals surface area contributed by atoms with E-state index in [4.69, 9.17) is 11.6 Å². The van der Waals surface area contributed by atoms with E-state index in [1.165, 1.54) is 19.3 Å². The predicted octanol–water partition coefficient (Wildman–Crippen LogP) is 2.87. The van der Waals surface area contributed by atoms with Crippen molar-refractivity contribution in [3.8, 4) is 0 Å². The Bertz CT molecular complexity index is 505. The van der Waals surface area contributed by atoms with Crippen LogP contribution in [0.4, 0.5) is 5.69 Å². The summed E-state index contributed by atoms with van der Waals surface area (Å²) in [5.74, 6) is 0. The van der Waals surface area contributed by atoms with Crippen molar-refractivity contribution >= 4 is 28.3 Å². The largest absolute Gasteiger partial charge is 0.370 e. The first kappa shape index (κ1) is 9.90. The molecule has 0 saturated carbocycles. The van der Waals surface area contributed by atoms with Crippen LogP contribution in [0.2, 0.25) is 5.02 Å². The molecule has 1 aromatic heterocycles. The van der Waals surface area contributed by atoms with Crippen molar-refractivity contribution in [2.45, 2.75) is 19.3 Å². The molecule has 0 bridgehead atoms. The molecule has 16 heavy (non-hydrogen) atoms. The SMILES string of the molecule is Clc1cc2nonc2cc1N1CCCCC1. The number of fused-ring (bicyclic) bond motifs is 1. The van der Waals surface area contributed by atoms with Crippen LogP contribution in [0, 0.1) is 0 Å². The van der Waals surface area contributed by atoms with E-state index < -0.39 is 0 Å². The predicted molar refractivity (Wildman–Crippen MR) is 62.9 cm³/mol. The minimum Gasteiger partial charge on any atom is -0.370 e. The van der Waals surface area contributed by atoms with Crippen LogP contribution in [0.25, 0.3) is 11.0 Å². The van der Waals surface area contributed by atoms with Gasteiger partial charge in [-0.2, -0.15) is 0 Å². The number of halogens is 1. The number of piperidine rings is 1. The summed E-state index contributed by atoms with van der Waals surface area (Å²) in [5.41, 5.74) is 2.53. The van der Waals surface area contributed by atoms with Gasteiger partial charge < -0.3 is 4.90 Å². The zero-order chi connectivity index (χ0) is 11.0.